The van der Waals surface area contributed by atoms with Gasteiger partial charge in [0.25, 0.3) is 15.9 Å². The first kappa shape index (κ1) is 21.9. The van der Waals surface area contributed by atoms with Crippen LogP contribution in [0.4, 0.5) is 5.69 Å². The SMILES string of the molecule is O=C(NCCCn1cnc2ccccc21)c1cc2c(cc1Cl)N1CCCCCC1=NS2(=O)=O. The minimum absolute atomic E-state index is 0.0348. The molecule has 3 aromatic rings. The van der Waals surface area contributed by atoms with Crippen LogP contribution in [-0.4, -0.2) is 42.8 Å². The summed E-state index contributed by atoms with van der Waals surface area (Å²) in [7, 11) is -3.88. The van der Waals surface area contributed by atoms with Crippen molar-refractivity contribution in [2.45, 2.75) is 43.5 Å². The highest BCUT2D eigenvalue weighted by Gasteiger charge is 2.33. The van der Waals surface area contributed by atoms with E-state index in [0.717, 1.165) is 30.3 Å². The molecular formula is C23H24ClN5O3S. The Morgan fingerprint density at radius 1 is 1.15 bits per heavy atom. The Morgan fingerprint density at radius 2 is 2.00 bits per heavy atom. The van der Waals surface area contributed by atoms with Crippen molar-refractivity contribution < 1.29 is 13.2 Å². The number of nitrogens with zero attached hydrogens (tertiary/aromatic N) is 4. The molecule has 1 N–H and O–H groups in total. The number of anilines is 1. The fourth-order valence-corrected chi connectivity index (χ4v) is 5.92. The molecule has 0 spiro atoms. The van der Waals surface area contributed by atoms with E-state index in [0.29, 0.717) is 44.0 Å². The van der Waals surface area contributed by atoms with Crippen LogP contribution >= 0.6 is 11.6 Å². The van der Waals surface area contributed by atoms with Crippen molar-refractivity contribution in [1.82, 2.24) is 14.9 Å². The predicted molar refractivity (Wildman–Crippen MR) is 129 cm³/mol. The number of hydrogen-bond acceptors (Lipinski definition) is 5. The summed E-state index contributed by atoms with van der Waals surface area (Å²) in [4.78, 5) is 19.1. The normalized spacial score (nSPS) is 17.1. The lowest BCUT2D eigenvalue weighted by Crippen LogP contribution is -2.35. The average Bonchev–Trinajstić information content (AvgIpc) is 3.06. The van der Waals surface area contributed by atoms with Crippen LogP contribution in [0.15, 0.2) is 52.0 Å². The Bertz CT molecular complexity index is 1370. The summed E-state index contributed by atoms with van der Waals surface area (Å²) in [5.41, 5.74) is 2.62. The van der Waals surface area contributed by atoms with Crippen molar-refractivity contribution in [3.05, 3.63) is 53.3 Å². The third kappa shape index (κ3) is 4.22. The lowest BCUT2D eigenvalue weighted by Gasteiger charge is -2.30. The van der Waals surface area contributed by atoms with Gasteiger partial charge in [-0.05, 0) is 43.5 Å². The molecule has 1 saturated heterocycles. The molecule has 10 heteroatoms. The van der Waals surface area contributed by atoms with Crippen LogP contribution in [0.1, 0.15) is 42.5 Å². The second-order valence-electron chi connectivity index (χ2n) is 8.28. The molecule has 2 aromatic carbocycles. The number of benzene rings is 2. The van der Waals surface area contributed by atoms with Crippen molar-refractivity contribution in [3.8, 4) is 0 Å². The summed E-state index contributed by atoms with van der Waals surface area (Å²) in [6, 6.07) is 10.8. The number of para-hydroxylation sites is 2. The molecule has 0 bridgehead atoms. The van der Waals surface area contributed by atoms with Gasteiger partial charge >= 0.3 is 0 Å². The Morgan fingerprint density at radius 3 is 2.88 bits per heavy atom. The highest BCUT2D eigenvalue weighted by atomic mass is 35.5. The van der Waals surface area contributed by atoms with Gasteiger partial charge in [0.15, 0.2) is 0 Å². The molecule has 2 aliphatic rings. The van der Waals surface area contributed by atoms with E-state index in [4.69, 9.17) is 11.6 Å². The van der Waals surface area contributed by atoms with Gasteiger partial charge in [-0.3, -0.25) is 4.79 Å². The molecule has 1 amide bonds. The van der Waals surface area contributed by atoms with Crippen molar-refractivity contribution >= 4 is 50.1 Å². The molecule has 33 heavy (non-hydrogen) atoms. The van der Waals surface area contributed by atoms with E-state index in [1.807, 2.05) is 33.7 Å². The summed E-state index contributed by atoms with van der Waals surface area (Å²) in [6.45, 7) is 1.80. The molecule has 8 nitrogen and oxygen atoms in total. The van der Waals surface area contributed by atoms with Crippen LogP contribution in [0.2, 0.25) is 5.02 Å². The zero-order valence-electron chi connectivity index (χ0n) is 18.0. The molecule has 3 heterocycles. The van der Waals surface area contributed by atoms with Crippen molar-refractivity contribution in [2.24, 2.45) is 4.40 Å². The molecular weight excluding hydrogens is 462 g/mol. The van der Waals surface area contributed by atoms with E-state index in [9.17, 15) is 13.2 Å². The number of amides is 1. The molecule has 1 aromatic heterocycles. The molecule has 0 saturated carbocycles. The molecule has 5 rings (SSSR count). The summed E-state index contributed by atoms with van der Waals surface area (Å²) in [5, 5.41) is 3.08. The first-order chi connectivity index (χ1) is 15.9. The highest BCUT2D eigenvalue weighted by Crippen LogP contribution is 2.37. The van der Waals surface area contributed by atoms with Gasteiger partial charge < -0.3 is 14.8 Å². The zero-order chi connectivity index (χ0) is 23.0. The zero-order valence-corrected chi connectivity index (χ0v) is 19.6. The van der Waals surface area contributed by atoms with Gasteiger partial charge in [0.1, 0.15) is 10.7 Å². The third-order valence-electron chi connectivity index (χ3n) is 6.07. The number of imidazole rings is 1. The summed E-state index contributed by atoms with van der Waals surface area (Å²) in [6.07, 6.45) is 5.97. The van der Waals surface area contributed by atoms with Crippen LogP contribution in [0, 0.1) is 0 Å². The molecule has 0 unspecified atom stereocenters. The van der Waals surface area contributed by atoms with Gasteiger partial charge in [-0.15, -0.1) is 4.40 Å². The van der Waals surface area contributed by atoms with Crippen LogP contribution in [-0.2, 0) is 16.6 Å². The smallest absolute Gasteiger partial charge is 0.286 e. The maximum atomic E-state index is 12.8. The van der Waals surface area contributed by atoms with E-state index in [-0.39, 0.29) is 15.5 Å². The van der Waals surface area contributed by atoms with E-state index in [2.05, 4.69) is 14.7 Å². The van der Waals surface area contributed by atoms with Gasteiger partial charge in [0, 0.05) is 26.1 Å². The summed E-state index contributed by atoms with van der Waals surface area (Å²) < 4.78 is 31.7. The van der Waals surface area contributed by atoms with E-state index < -0.39 is 15.9 Å². The quantitative estimate of drug-likeness (QED) is 0.551. The molecule has 0 radical (unpaired) electrons. The van der Waals surface area contributed by atoms with E-state index in [1.54, 1.807) is 12.4 Å². The number of fused-ring (bicyclic) bond motifs is 4. The monoisotopic (exact) mass is 485 g/mol. The van der Waals surface area contributed by atoms with Gasteiger partial charge in [-0.25, -0.2) is 4.98 Å². The third-order valence-corrected chi connectivity index (χ3v) is 7.72. The van der Waals surface area contributed by atoms with Gasteiger partial charge in [0.2, 0.25) is 0 Å². The number of nitrogens with one attached hydrogen (secondary N) is 1. The molecule has 2 aliphatic heterocycles. The number of carbonyl (C=O) groups is 1. The van der Waals surface area contributed by atoms with Crippen molar-refractivity contribution in [1.29, 1.82) is 0 Å². The summed E-state index contributed by atoms with van der Waals surface area (Å²) >= 11 is 6.45. The number of sulfonamides is 1. The van der Waals surface area contributed by atoms with Crippen molar-refractivity contribution in [2.75, 3.05) is 18.0 Å². The second kappa shape index (κ2) is 8.79. The van der Waals surface area contributed by atoms with Gasteiger partial charge in [0.05, 0.1) is 33.6 Å². The summed E-state index contributed by atoms with van der Waals surface area (Å²) in [5.74, 6) is 0.152. The molecule has 0 atom stereocenters. The number of aryl methyl sites for hydroxylation is 1. The number of carbonyl (C=O) groups excluding carboxylic acids is 1. The van der Waals surface area contributed by atoms with Crippen LogP contribution in [0.5, 0.6) is 0 Å². The first-order valence-electron chi connectivity index (χ1n) is 11.1. The number of hydrogen-bond donors (Lipinski definition) is 1. The molecule has 0 aliphatic carbocycles. The Balaban J connectivity index is 1.30. The van der Waals surface area contributed by atoms with Crippen LogP contribution < -0.4 is 10.2 Å². The number of halogens is 1. The maximum absolute atomic E-state index is 12.8. The fraction of sp³-hybridized carbons (Fsp3) is 0.348. The molecule has 1 fully saturated rings. The first-order valence-corrected chi connectivity index (χ1v) is 12.9. The topological polar surface area (TPSA) is 96.7 Å². The minimum Gasteiger partial charge on any atom is -0.352 e. The standard InChI is InChI=1S/C23H24ClN5O3S/c24-17-14-20-21(33(31,32)27-22-9-2-1-5-12-29(20)22)13-16(17)23(30)25-10-6-11-28-15-26-18-7-3-4-8-19(18)28/h3-4,7-8,13-15H,1-2,5-6,9-12H2,(H,25,30). The van der Waals surface area contributed by atoms with Crippen LogP contribution in [0.25, 0.3) is 11.0 Å². The van der Waals surface area contributed by atoms with E-state index >= 15 is 0 Å². The highest BCUT2D eigenvalue weighted by molar-refractivity contribution is 7.90. The van der Waals surface area contributed by atoms with Crippen molar-refractivity contribution in [3.63, 3.8) is 0 Å². The minimum atomic E-state index is -3.88. The number of rotatable bonds is 5. The lowest BCUT2D eigenvalue weighted by molar-refractivity contribution is 0.0952. The fourth-order valence-electron chi connectivity index (χ4n) is 4.41. The predicted octanol–water partition coefficient (Wildman–Crippen LogP) is 3.99. The van der Waals surface area contributed by atoms with E-state index in [1.165, 1.54) is 6.07 Å². The molecule has 172 valence electrons. The average molecular weight is 486 g/mol. The Labute approximate surface area is 197 Å². The van der Waals surface area contributed by atoms with Gasteiger partial charge in [-0.2, -0.15) is 8.42 Å². The Hall–Kier alpha value is -2.91. The maximum Gasteiger partial charge on any atom is 0.286 e. The second-order valence-corrected chi connectivity index (χ2v) is 10.3. The number of amidine groups is 1. The van der Waals surface area contributed by atoms with Crippen LogP contribution in [0.3, 0.4) is 0 Å². The lowest BCUT2D eigenvalue weighted by atomic mass is 10.1. The Kier molecular flexibility index (Phi) is 5.84. The largest absolute Gasteiger partial charge is 0.352 e. The number of aromatic nitrogens is 2. The van der Waals surface area contributed by atoms with Gasteiger partial charge in [-0.1, -0.05) is 30.2 Å².